The highest BCUT2D eigenvalue weighted by atomic mass is 16.7. The van der Waals surface area contributed by atoms with Crippen molar-refractivity contribution in [1.29, 1.82) is 0 Å². The molecule has 2 saturated heterocycles. The monoisotopic (exact) mass is 1380 g/mol. The lowest BCUT2D eigenvalue weighted by atomic mass is 9.97. The van der Waals surface area contributed by atoms with Crippen molar-refractivity contribution in [1.82, 2.24) is 5.32 Å². The number of ether oxygens (including phenoxy) is 4. The number of unbranched alkanes of at least 4 members (excludes halogenated alkanes) is 26. The molecule has 99 heavy (non-hydrogen) atoms. The molecule has 2 rings (SSSR count). The highest BCUT2D eigenvalue weighted by Crippen LogP contribution is 2.30. The first-order valence-electron chi connectivity index (χ1n) is 39.2. The second-order valence-corrected chi connectivity index (χ2v) is 26.7. The van der Waals surface area contributed by atoms with Gasteiger partial charge in [-0.1, -0.05) is 307 Å². The molecule has 0 aromatic rings. The molecule has 0 saturated carbocycles. The second-order valence-electron chi connectivity index (χ2n) is 26.7. The van der Waals surface area contributed by atoms with Gasteiger partial charge in [0.05, 0.1) is 32.0 Å². The van der Waals surface area contributed by atoms with Crippen molar-refractivity contribution in [3.63, 3.8) is 0 Å². The van der Waals surface area contributed by atoms with Crippen LogP contribution in [0.3, 0.4) is 0 Å². The predicted molar refractivity (Wildman–Crippen MR) is 410 cm³/mol. The van der Waals surface area contributed by atoms with Crippen molar-refractivity contribution in [3.05, 3.63) is 158 Å². The first kappa shape index (κ1) is 90.7. The average Bonchev–Trinajstić information content (AvgIpc) is 0.799. The summed E-state index contributed by atoms with van der Waals surface area (Å²) in [6.07, 6.45) is 86.0. The molecule has 12 unspecified atom stereocenters. The molecule has 0 bridgehead atoms. The maximum absolute atomic E-state index is 13.4. The summed E-state index contributed by atoms with van der Waals surface area (Å²) in [6, 6.07) is -0.967. The van der Waals surface area contributed by atoms with Crippen LogP contribution in [0, 0.1) is 0 Å². The molecule has 2 aliphatic heterocycles. The van der Waals surface area contributed by atoms with Crippen LogP contribution in [0.4, 0.5) is 0 Å². The van der Waals surface area contributed by atoms with Gasteiger partial charge in [0.1, 0.15) is 48.8 Å². The normalized spacial score (nSPS) is 22.8. The number of aliphatic hydroxyl groups excluding tert-OH is 8. The highest BCUT2D eigenvalue weighted by Gasteiger charge is 2.51. The lowest BCUT2D eigenvalue weighted by Crippen LogP contribution is -2.65. The van der Waals surface area contributed by atoms with Gasteiger partial charge in [-0.15, -0.1) is 0 Å². The third kappa shape index (κ3) is 49.8. The van der Waals surface area contributed by atoms with E-state index in [2.05, 4.69) is 165 Å². The van der Waals surface area contributed by atoms with Gasteiger partial charge in [0.25, 0.3) is 0 Å². The fourth-order valence-electron chi connectivity index (χ4n) is 11.8. The highest BCUT2D eigenvalue weighted by molar-refractivity contribution is 5.76. The third-order valence-electron chi connectivity index (χ3n) is 17.9. The van der Waals surface area contributed by atoms with E-state index in [-0.39, 0.29) is 18.9 Å². The van der Waals surface area contributed by atoms with Gasteiger partial charge in [0.15, 0.2) is 12.6 Å². The van der Waals surface area contributed by atoms with Gasteiger partial charge < -0.3 is 65.1 Å². The molecule has 0 spiro atoms. The zero-order valence-electron chi connectivity index (χ0n) is 61.7. The van der Waals surface area contributed by atoms with E-state index in [4.69, 9.17) is 18.9 Å². The molecule has 2 heterocycles. The molecule has 564 valence electrons. The van der Waals surface area contributed by atoms with Crippen molar-refractivity contribution in [3.8, 4) is 0 Å². The standard InChI is InChI=1S/C85H141NO13/c1-3-5-7-9-11-13-15-17-19-21-23-25-27-29-31-33-35-36-37-38-39-41-43-45-47-49-51-53-55-57-59-61-63-65-67-69-77(90)86-73(72-96-84-82(95)80(93)83(76(71-88)98-84)99-85-81(94)79(92)78(91)75(70-87)97-85)74(89)68-66-64-62-60-58-56-54-52-50-48-46-44-42-40-34-32-30-28-26-24-22-20-18-16-14-12-10-8-6-4-2/h5,7,11,13,17,19,23,25,29,31,35-36,38-39,43,45,49-52,55,57-58,60,66,68,73-76,78-85,87-89,91-95H,3-4,6,8-10,12,14-16,18,20-22,24,26-28,30,32-34,37,40-42,44,46-48,53-54,56,59,61-65,67,69-72H2,1-2H3,(H,86,90)/b7-5-,13-11-,19-17-,25-23-,31-29-,36-35-,39-38-,45-43-,51-49-,52-50+,57-55-,60-58+,68-66+. The van der Waals surface area contributed by atoms with Gasteiger partial charge in [0.2, 0.25) is 5.91 Å². The molecule has 14 nitrogen and oxygen atoms in total. The quantitative estimate of drug-likeness (QED) is 0.0204. The molecule has 2 fully saturated rings. The molecule has 0 radical (unpaired) electrons. The van der Waals surface area contributed by atoms with E-state index in [1.165, 1.54) is 128 Å². The number of amides is 1. The van der Waals surface area contributed by atoms with Crippen molar-refractivity contribution < 1.29 is 64.6 Å². The van der Waals surface area contributed by atoms with Crippen LogP contribution in [-0.2, 0) is 23.7 Å². The van der Waals surface area contributed by atoms with Crippen LogP contribution in [0.15, 0.2) is 158 Å². The summed E-state index contributed by atoms with van der Waals surface area (Å²) in [4.78, 5) is 13.4. The van der Waals surface area contributed by atoms with E-state index >= 15 is 0 Å². The van der Waals surface area contributed by atoms with E-state index in [1.807, 2.05) is 6.08 Å². The summed E-state index contributed by atoms with van der Waals surface area (Å²) >= 11 is 0. The summed E-state index contributed by atoms with van der Waals surface area (Å²) in [7, 11) is 0. The zero-order chi connectivity index (χ0) is 71.5. The van der Waals surface area contributed by atoms with Crippen LogP contribution >= 0.6 is 0 Å². The van der Waals surface area contributed by atoms with E-state index < -0.39 is 86.8 Å². The summed E-state index contributed by atoms with van der Waals surface area (Å²) in [5.41, 5.74) is 0. The summed E-state index contributed by atoms with van der Waals surface area (Å²) in [5, 5.41) is 87.6. The molecule has 1 amide bonds. The molecule has 0 aliphatic carbocycles. The van der Waals surface area contributed by atoms with Gasteiger partial charge in [-0.3, -0.25) is 4.79 Å². The Labute approximate surface area is 601 Å². The molecule has 0 aromatic heterocycles. The molecule has 12 atom stereocenters. The number of rotatable bonds is 63. The van der Waals surface area contributed by atoms with Crippen molar-refractivity contribution in [2.24, 2.45) is 0 Å². The Kier molecular flexibility index (Phi) is 61.2. The third-order valence-corrected chi connectivity index (χ3v) is 17.9. The Bertz CT molecular complexity index is 2280. The van der Waals surface area contributed by atoms with Crippen LogP contribution in [0.5, 0.6) is 0 Å². The van der Waals surface area contributed by atoms with E-state index in [0.29, 0.717) is 12.8 Å². The van der Waals surface area contributed by atoms with Crippen LogP contribution in [0.2, 0.25) is 0 Å². The maximum Gasteiger partial charge on any atom is 0.220 e. The Morgan fingerprint density at radius 2 is 0.707 bits per heavy atom. The Balaban J connectivity index is 1.69. The lowest BCUT2D eigenvalue weighted by Gasteiger charge is -2.46. The number of carbonyl (C=O) groups is 1. The zero-order valence-corrected chi connectivity index (χ0v) is 61.7. The minimum atomic E-state index is -1.81. The van der Waals surface area contributed by atoms with E-state index in [0.717, 1.165) is 116 Å². The van der Waals surface area contributed by atoms with Crippen molar-refractivity contribution in [2.75, 3.05) is 19.8 Å². The minimum Gasteiger partial charge on any atom is -0.394 e. The molecule has 14 heteroatoms. The van der Waals surface area contributed by atoms with Gasteiger partial charge >= 0.3 is 0 Å². The topological polar surface area (TPSA) is 228 Å². The molecule has 2 aliphatic rings. The van der Waals surface area contributed by atoms with E-state index in [1.54, 1.807) is 6.08 Å². The molecular weight excluding hydrogens is 1240 g/mol. The Morgan fingerprint density at radius 3 is 1.11 bits per heavy atom. The Hall–Kier alpha value is -4.39. The number of allylic oxidation sites excluding steroid dienone is 25. The summed E-state index contributed by atoms with van der Waals surface area (Å²) < 4.78 is 22.9. The fraction of sp³-hybridized carbons (Fsp3) is 0.682. The summed E-state index contributed by atoms with van der Waals surface area (Å²) in [5.74, 6) is -0.282. The SMILES string of the molecule is CC/C=C\C/C=C\C/C=C\C/C=C\C/C=C\C/C=C\C/C=C\C/C=C\C/C=C\C/C=C\CCCCCCC(=O)NC(COC1OC(CO)C(OC2OC(CO)C(O)C(O)C2O)C(O)C1O)C(O)/C=C/CC/C=C/CC/C=C/CCCCCCCCCCCCCCCCCCCCCC. The second kappa shape index (κ2) is 66.8. The minimum absolute atomic E-state index is 0.229. The number of nitrogens with one attached hydrogen (secondary N) is 1. The first-order valence-corrected chi connectivity index (χ1v) is 39.2. The van der Waals surface area contributed by atoms with Crippen LogP contribution in [-0.4, -0.2) is 140 Å². The largest absolute Gasteiger partial charge is 0.394 e. The van der Waals surface area contributed by atoms with Crippen molar-refractivity contribution in [2.45, 2.75) is 351 Å². The molecular formula is C85H141NO13. The summed E-state index contributed by atoms with van der Waals surface area (Å²) in [6.45, 7) is 2.66. The smallest absolute Gasteiger partial charge is 0.220 e. The maximum atomic E-state index is 13.4. The number of aliphatic hydroxyl groups is 8. The van der Waals surface area contributed by atoms with Crippen LogP contribution in [0.25, 0.3) is 0 Å². The first-order chi connectivity index (χ1) is 48.6. The number of hydrogen-bond acceptors (Lipinski definition) is 13. The predicted octanol–water partition coefficient (Wildman–Crippen LogP) is 17.7. The average molecular weight is 1390 g/mol. The lowest BCUT2D eigenvalue weighted by molar-refractivity contribution is -0.359. The van der Waals surface area contributed by atoms with Crippen molar-refractivity contribution >= 4 is 5.91 Å². The molecule has 0 aromatic carbocycles. The van der Waals surface area contributed by atoms with Gasteiger partial charge in [0, 0.05) is 6.42 Å². The number of hydrogen-bond donors (Lipinski definition) is 9. The van der Waals surface area contributed by atoms with E-state index in [9.17, 15) is 45.6 Å². The Morgan fingerprint density at radius 1 is 0.374 bits per heavy atom. The number of carbonyl (C=O) groups excluding carboxylic acids is 1. The fourth-order valence-corrected chi connectivity index (χ4v) is 11.8. The van der Waals surface area contributed by atoms with Gasteiger partial charge in [-0.25, -0.2) is 0 Å². The van der Waals surface area contributed by atoms with Gasteiger partial charge in [-0.05, 0) is 122 Å². The van der Waals surface area contributed by atoms with Crippen LogP contribution < -0.4 is 5.32 Å². The molecule has 9 N–H and O–H groups in total. The van der Waals surface area contributed by atoms with Crippen LogP contribution in [0.1, 0.15) is 277 Å². The van der Waals surface area contributed by atoms with Gasteiger partial charge in [-0.2, -0.15) is 0 Å².